The first-order valence-electron chi connectivity index (χ1n) is 7.19. The second-order valence-electron chi connectivity index (χ2n) is 5.08. The molecular formula is C17H17ClN2O4. The maximum Gasteiger partial charge on any atom is 0.342 e. The van der Waals surface area contributed by atoms with E-state index in [0.717, 1.165) is 5.56 Å². The van der Waals surface area contributed by atoms with Gasteiger partial charge in [0.1, 0.15) is 11.3 Å². The predicted molar refractivity (Wildman–Crippen MR) is 90.5 cm³/mol. The molecule has 0 bridgehead atoms. The van der Waals surface area contributed by atoms with E-state index >= 15 is 0 Å². The normalized spacial score (nSPS) is 11.5. The number of benzene rings is 1. The Labute approximate surface area is 144 Å². The lowest BCUT2D eigenvalue weighted by molar-refractivity contribution is -0.123. The first-order chi connectivity index (χ1) is 11.4. The summed E-state index contributed by atoms with van der Waals surface area (Å²) < 4.78 is 10.4. The number of aromatic nitrogens is 1. The summed E-state index contributed by atoms with van der Waals surface area (Å²) in [4.78, 5) is 28.3. The van der Waals surface area contributed by atoms with E-state index in [4.69, 9.17) is 21.1 Å². The van der Waals surface area contributed by atoms with Gasteiger partial charge in [0, 0.05) is 6.20 Å². The average molecular weight is 349 g/mol. The third kappa shape index (κ3) is 4.23. The molecular weight excluding hydrogens is 332 g/mol. The third-order valence-electron chi connectivity index (χ3n) is 3.24. The summed E-state index contributed by atoms with van der Waals surface area (Å²) in [7, 11) is 1.46. The highest BCUT2D eigenvalue weighted by Crippen LogP contribution is 2.22. The Bertz CT molecular complexity index is 764. The molecule has 126 valence electrons. The molecule has 0 aliphatic heterocycles. The van der Waals surface area contributed by atoms with Crippen LogP contribution in [0.3, 0.4) is 0 Å². The summed E-state index contributed by atoms with van der Waals surface area (Å²) in [5.74, 6) is -0.770. The van der Waals surface area contributed by atoms with Crippen molar-refractivity contribution in [2.75, 3.05) is 12.4 Å². The number of esters is 1. The van der Waals surface area contributed by atoms with Gasteiger partial charge in [0.25, 0.3) is 5.91 Å². The van der Waals surface area contributed by atoms with Crippen molar-refractivity contribution in [2.45, 2.75) is 20.0 Å². The summed E-state index contributed by atoms with van der Waals surface area (Å²) in [5.41, 5.74) is 1.48. The van der Waals surface area contributed by atoms with Gasteiger partial charge in [-0.05, 0) is 38.1 Å². The van der Waals surface area contributed by atoms with E-state index in [1.54, 1.807) is 24.3 Å². The molecule has 24 heavy (non-hydrogen) atoms. The van der Waals surface area contributed by atoms with Gasteiger partial charge < -0.3 is 14.8 Å². The van der Waals surface area contributed by atoms with E-state index in [1.807, 2.05) is 13.0 Å². The van der Waals surface area contributed by atoms with Crippen LogP contribution in [-0.2, 0) is 9.53 Å². The quantitative estimate of drug-likeness (QED) is 0.663. The van der Waals surface area contributed by atoms with E-state index in [0.29, 0.717) is 11.4 Å². The number of nitrogens with one attached hydrogen (secondary N) is 1. The topological polar surface area (TPSA) is 77.5 Å². The number of methoxy groups -OCH3 is 1. The fraction of sp³-hybridized carbons (Fsp3) is 0.235. The molecule has 1 aromatic heterocycles. The molecule has 6 nitrogen and oxygen atoms in total. The number of hydrogen-bond acceptors (Lipinski definition) is 5. The fourth-order valence-corrected chi connectivity index (χ4v) is 2.14. The van der Waals surface area contributed by atoms with Crippen molar-refractivity contribution in [1.82, 2.24) is 4.98 Å². The van der Waals surface area contributed by atoms with Gasteiger partial charge in [-0.25, -0.2) is 9.78 Å². The summed E-state index contributed by atoms with van der Waals surface area (Å²) in [6, 6.07) is 8.37. The van der Waals surface area contributed by atoms with Gasteiger partial charge >= 0.3 is 5.97 Å². The monoisotopic (exact) mass is 348 g/mol. The van der Waals surface area contributed by atoms with E-state index in [1.165, 1.54) is 20.2 Å². The van der Waals surface area contributed by atoms with Crippen LogP contribution in [0.15, 0.2) is 36.5 Å². The van der Waals surface area contributed by atoms with Crippen molar-refractivity contribution in [3.63, 3.8) is 0 Å². The Kier molecular flexibility index (Phi) is 5.76. The number of carbonyl (C=O) groups excluding carboxylic acids is 2. The number of aryl methyl sites for hydroxylation is 1. The Morgan fingerprint density at radius 1 is 1.29 bits per heavy atom. The van der Waals surface area contributed by atoms with Crippen molar-refractivity contribution >= 4 is 29.2 Å². The Hall–Kier alpha value is -2.60. The zero-order chi connectivity index (χ0) is 17.7. The van der Waals surface area contributed by atoms with E-state index in [9.17, 15) is 9.59 Å². The lowest BCUT2D eigenvalue weighted by atomic mass is 10.1. The molecule has 7 heteroatoms. The van der Waals surface area contributed by atoms with Crippen LogP contribution >= 0.6 is 11.6 Å². The number of pyridine rings is 1. The van der Waals surface area contributed by atoms with Gasteiger partial charge in [-0.3, -0.25) is 4.79 Å². The Balaban J connectivity index is 2.07. The minimum absolute atomic E-state index is 0.157. The molecule has 1 amide bonds. The van der Waals surface area contributed by atoms with Gasteiger partial charge in [-0.15, -0.1) is 0 Å². The van der Waals surface area contributed by atoms with Crippen LogP contribution in [0.25, 0.3) is 0 Å². The molecule has 0 saturated carbocycles. The van der Waals surface area contributed by atoms with Gasteiger partial charge in [-0.1, -0.05) is 23.2 Å². The zero-order valence-electron chi connectivity index (χ0n) is 13.5. The number of rotatable bonds is 5. The summed E-state index contributed by atoms with van der Waals surface area (Å²) in [6.45, 7) is 3.32. The smallest absolute Gasteiger partial charge is 0.342 e. The second-order valence-corrected chi connectivity index (χ2v) is 5.44. The average Bonchev–Trinajstić information content (AvgIpc) is 2.56. The zero-order valence-corrected chi connectivity index (χ0v) is 14.3. The van der Waals surface area contributed by atoms with Gasteiger partial charge in [0.15, 0.2) is 11.3 Å². The van der Waals surface area contributed by atoms with Crippen LogP contribution in [0, 0.1) is 6.92 Å². The van der Waals surface area contributed by atoms with E-state index < -0.39 is 18.0 Å². The van der Waals surface area contributed by atoms with Gasteiger partial charge in [0.2, 0.25) is 0 Å². The third-order valence-corrected chi connectivity index (χ3v) is 3.55. The van der Waals surface area contributed by atoms with Crippen molar-refractivity contribution in [3.8, 4) is 5.75 Å². The molecule has 1 heterocycles. The van der Waals surface area contributed by atoms with Crippen LogP contribution < -0.4 is 10.1 Å². The lowest BCUT2D eigenvalue weighted by Crippen LogP contribution is -2.30. The second kappa shape index (κ2) is 7.79. The van der Waals surface area contributed by atoms with Crippen molar-refractivity contribution in [3.05, 3.63) is 52.8 Å². The molecule has 0 saturated heterocycles. The van der Waals surface area contributed by atoms with Crippen LogP contribution in [0.1, 0.15) is 22.8 Å². The number of ether oxygens (including phenoxy) is 2. The minimum Gasteiger partial charge on any atom is -0.496 e. The molecule has 2 rings (SSSR count). The summed E-state index contributed by atoms with van der Waals surface area (Å²) >= 11 is 5.88. The van der Waals surface area contributed by atoms with Crippen molar-refractivity contribution in [1.29, 1.82) is 0 Å². The predicted octanol–water partition coefficient (Wildman–Crippen LogP) is 3.24. The van der Waals surface area contributed by atoms with Crippen LogP contribution in [-0.4, -0.2) is 30.1 Å². The minimum atomic E-state index is -1.01. The maximum atomic E-state index is 12.3. The van der Waals surface area contributed by atoms with E-state index in [2.05, 4.69) is 10.3 Å². The van der Waals surface area contributed by atoms with Crippen LogP contribution in [0.4, 0.5) is 5.69 Å². The van der Waals surface area contributed by atoms with E-state index in [-0.39, 0.29) is 10.7 Å². The molecule has 0 aliphatic rings. The molecule has 0 unspecified atom stereocenters. The fourth-order valence-electron chi connectivity index (χ4n) is 1.97. The SMILES string of the molecule is COc1ccc(C)cc1C(=O)O[C@@H](C)C(=O)Nc1cccnc1Cl. The Morgan fingerprint density at radius 3 is 2.71 bits per heavy atom. The molecule has 0 spiro atoms. The highest BCUT2D eigenvalue weighted by Gasteiger charge is 2.22. The maximum absolute atomic E-state index is 12.3. The number of carbonyl (C=O) groups is 2. The Morgan fingerprint density at radius 2 is 2.04 bits per heavy atom. The highest BCUT2D eigenvalue weighted by molar-refractivity contribution is 6.32. The number of nitrogens with zero attached hydrogens (tertiary/aromatic N) is 1. The first kappa shape index (κ1) is 17.7. The number of amides is 1. The molecule has 0 fully saturated rings. The molecule has 1 N–H and O–H groups in total. The number of anilines is 1. The largest absolute Gasteiger partial charge is 0.496 e. The summed E-state index contributed by atoms with van der Waals surface area (Å²) in [6.07, 6.45) is 0.491. The number of halogens is 1. The molecule has 0 radical (unpaired) electrons. The van der Waals surface area contributed by atoms with Gasteiger partial charge in [-0.2, -0.15) is 0 Å². The van der Waals surface area contributed by atoms with Crippen LogP contribution in [0.5, 0.6) is 5.75 Å². The standard InChI is InChI=1S/C17H17ClN2O4/c1-10-6-7-14(23-3)12(9-10)17(22)24-11(2)16(21)20-13-5-4-8-19-15(13)18/h4-9,11H,1-3H3,(H,20,21)/t11-/m0/s1. The molecule has 1 atom stereocenters. The summed E-state index contributed by atoms with van der Waals surface area (Å²) in [5, 5.41) is 2.72. The highest BCUT2D eigenvalue weighted by atomic mass is 35.5. The van der Waals surface area contributed by atoms with Gasteiger partial charge in [0.05, 0.1) is 12.8 Å². The van der Waals surface area contributed by atoms with Crippen LogP contribution in [0.2, 0.25) is 5.15 Å². The lowest BCUT2D eigenvalue weighted by Gasteiger charge is -2.15. The molecule has 0 aliphatic carbocycles. The van der Waals surface area contributed by atoms with Crippen molar-refractivity contribution < 1.29 is 19.1 Å². The van der Waals surface area contributed by atoms with Crippen molar-refractivity contribution in [2.24, 2.45) is 0 Å². The number of hydrogen-bond donors (Lipinski definition) is 1. The molecule has 2 aromatic rings. The molecule has 1 aromatic carbocycles. The first-order valence-corrected chi connectivity index (χ1v) is 7.57.